The zero-order valence-electron chi connectivity index (χ0n) is 7.03. The highest BCUT2D eigenvalue weighted by Gasteiger charge is 2.04. The molecule has 1 unspecified atom stereocenters. The number of methoxy groups -OCH3 is 1. The van der Waals surface area contributed by atoms with Gasteiger partial charge in [0.25, 0.3) is 0 Å². The number of pyridine rings is 1. The number of anilines is 1. The number of ether oxygens (including phenoxy) is 1. The second-order valence-corrected chi connectivity index (χ2v) is 2.61. The van der Waals surface area contributed by atoms with Crippen molar-refractivity contribution in [3.05, 3.63) is 24.0 Å². The highest BCUT2D eigenvalue weighted by Crippen LogP contribution is 2.11. The molecule has 0 saturated carbocycles. The summed E-state index contributed by atoms with van der Waals surface area (Å²) in [6.45, 7) is 0.477. The van der Waals surface area contributed by atoms with E-state index in [0.717, 1.165) is 5.56 Å². The average Bonchev–Trinajstić information content (AvgIpc) is 2.05. The third kappa shape index (κ3) is 2.18. The molecule has 0 aliphatic rings. The summed E-state index contributed by atoms with van der Waals surface area (Å²) in [6, 6.07) is 1.66. The minimum absolute atomic E-state index is 0.147. The summed E-state index contributed by atoms with van der Waals surface area (Å²) in [5.41, 5.74) is 12.8. The average molecular weight is 167 g/mol. The fraction of sp³-hybridized carbons (Fsp3) is 0.375. The van der Waals surface area contributed by atoms with E-state index in [9.17, 15) is 0 Å². The fourth-order valence-corrected chi connectivity index (χ4v) is 0.955. The van der Waals surface area contributed by atoms with E-state index in [1.54, 1.807) is 25.6 Å². The van der Waals surface area contributed by atoms with E-state index in [1.165, 1.54) is 0 Å². The lowest BCUT2D eigenvalue weighted by Gasteiger charge is -2.09. The van der Waals surface area contributed by atoms with Gasteiger partial charge in [-0.15, -0.1) is 0 Å². The molecule has 0 aliphatic carbocycles. The second-order valence-electron chi connectivity index (χ2n) is 2.61. The minimum atomic E-state index is -0.147. The SMILES string of the molecule is COCC(N)c1cncc(N)c1. The van der Waals surface area contributed by atoms with Crippen molar-refractivity contribution in [2.24, 2.45) is 5.73 Å². The van der Waals surface area contributed by atoms with Crippen LogP contribution in [0.3, 0.4) is 0 Å². The Hall–Kier alpha value is -1.13. The summed E-state index contributed by atoms with van der Waals surface area (Å²) in [4.78, 5) is 3.93. The summed E-state index contributed by atoms with van der Waals surface area (Å²) >= 11 is 0. The molecule has 0 saturated heterocycles. The van der Waals surface area contributed by atoms with E-state index < -0.39 is 0 Å². The van der Waals surface area contributed by atoms with E-state index in [4.69, 9.17) is 16.2 Å². The molecule has 4 nitrogen and oxygen atoms in total. The van der Waals surface area contributed by atoms with E-state index in [0.29, 0.717) is 12.3 Å². The molecular formula is C8H13N3O. The molecule has 1 atom stereocenters. The van der Waals surface area contributed by atoms with E-state index in [-0.39, 0.29) is 6.04 Å². The Morgan fingerprint density at radius 2 is 2.33 bits per heavy atom. The molecule has 0 radical (unpaired) electrons. The number of hydrogen-bond acceptors (Lipinski definition) is 4. The molecule has 1 heterocycles. The third-order valence-corrected chi connectivity index (χ3v) is 1.55. The first kappa shape index (κ1) is 8.96. The van der Waals surface area contributed by atoms with Crippen molar-refractivity contribution in [1.82, 2.24) is 4.98 Å². The maximum atomic E-state index is 5.75. The second kappa shape index (κ2) is 4.04. The Kier molecular flexibility index (Phi) is 3.01. The van der Waals surface area contributed by atoms with Gasteiger partial charge < -0.3 is 16.2 Å². The van der Waals surface area contributed by atoms with Crippen LogP contribution in [0.4, 0.5) is 5.69 Å². The van der Waals surface area contributed by atoms with Gasteiger partial charge in [0.15, 0.2) is 0 Å². The first-order valence-electron chi connectivity index (χ1n) is 3.69. The summed E-state index contributed by atoms with van der Waals surface area (Å²) < 4.78 is 4.90. The highest BCUT2D eigenvalue weighted by atomic mass is 16.5. The topological polar surface area (TPSA) is 74.2 Å². The first-order chi connectivity index (χ1) is 5.74. The van der Waals surface area contributed by atoms with Crippen molar-refractivity contribution < 1.29 is 4.74 Å². The Balaban J connectivity index is 2.73. The molecule has 0 fully saturated rings. The molecule has 0 aromatic carbocycles. The zero-order chi connectivity index (χ0) is 8.97. The number of aromatic nitrogens is 1. The molecule has 4 heteroatoms. The van der Waals surface area contributed by atoms with E-state index in [2.05, 4.69) is 4.98 Å². The van der Waals surface area contributed by atoms with Crippen LogP contribution in [-0.4, -0.2) is 18.7 Å². The van der Waals surface area contributed by atoms with Crippen LogP contribution >= 0.6 is 0 Å². The van der Waals surface area contributed by atoms with Crippen LogP contribution in [0.25, 0.3) is 0 Å². The third-order valence-electron chi connectivity index (χ3n) is 1.55. The van der Waals surface area contributed by atoms with Gasteiger partial charge in [-0.05, 0) is 11.6 Å². The summed E-state index contributed by atoms with van der Waals surface area (Å²) in [7, 11) is 1.61. The Morgan fingerprint density at radius 3 is 2.92 bits per heavy atom. The number of hydrogen-bond donors (Lipinski definition) is 2. The van der Waals surface area contributed by atoms with Crippen molar-refractivity contribution in [2.45, 2.75) is 6.04 Å². The maximum Gasteiger partial charge on any atom is 0.0656 e. The van der Waals surface area contributed by atoms with Crippen molar-refractivity contribution >= 4 is 5.69 Å². The lowest BCUT2D eigenvalue weighted by Crippen LogP contribution is -2.16. The number of nitrogens with two attached hydrogens (primary N) is 2. The molecule has 66 valence electrons. The van der Waals surface area contributed by atoms with Gasteiger partial charge in [-0.3, -0.25) is 4.98 Å². The van der Waals surface area contributed by atoms with Crippen LogP contribution in [0.5, 0.6) is 0 Å². The first-order valence-corrected chi connectivity index (χ1v) is 3.69. The summed E-state index contributed by atoms with van der Waals surface area (Å²) in [5, 5.41) is 0. The van der Waals surface area contributed by atoms with Gasteiger partial charge in [-0.1, -0.05) is 0 Å². The molecule has 0 spiro atoms. The molecule has 0 amide bonds. The van der Waals surface area contributed by atoms with Gasteiger partial charge in [-0.2, -0.15) is 0 Å². The highest BCUT2D eigenvalue weighted by molar-refractivity contribution is 5.38. The van der Waals surface area contributed by atoms with Crippen molar-refractivity contribution in [3.63, 3.8) is 0 Å². The maximum absolute atomic E-state index is 5.75. The molecule has 0 bridgehead atoms. The summed E-state index contributed by atoms with van der Waals surface area (Å²) in [6.07, 6.45) is 3.28. The van der Waals surface area contributed by atoms with Crippen LogP contribution < -0.4 is 11.5 Å². The van der Waals surface area contributed by atoms with Crippen LogP contribution in [0, 0.1) is 0 Å². The van der Waals surface area contributed by atoms with Gasteiger partial charge in [0.05, 0.1) is 18.3 Å². The van der Waals surface area contributed by atoms with E-state index >= 15 is 0 Å². The molecule has 1 rings (SSSR count). The summed E-state index contributed by atoms with van der Waals surface area (Å²) in [5.74, 6) is 0. The van der Waals surface area contributed by atoms with Gasteiger partial charge >= 0.3 is 0 Å². The quantitative estimate of drug-likeness (QED) is 0.679. The zero-order valence-corrected chi connectivity index (χ0v) is 7.03. The minimum Gasteiger partial charge on any atom is -0.397 e. The standard InChI is InChI=1S/C8H13N3O/c1-12-5-8(10)6-2-7(9)4-11-3-6/h2-4,8H,5,9-10H2,1H3. The molecular weight excluding hydrogens is 154 g/mol. The normalized spacial score (nSPS) is 12.8. The Morgan fingerprint density at radius 1 is 1.58 bits per heavy atom. The predicted molar refractivity (Wildman–Crippen MR) is 47.5 cm³/mol. The van der Waals surface area contributed by atoms with Crippen molar-refractivity contribution in [2.75, 3.05) is 19.5 Å². The van der Waals surface area contributed by atoms with Crippen LogP contribution in [-0.2, 0) is 4.74 Å². The van der Waals surface area contributed by atoms with E-state index in [1.807, 2.05) is 0 Å². The van der Waals surface area contributed by atoms with Crippen LogP contribution in [0.15, 0.2) is 18.5 Å². The predicted octanol–water partition coefficient (Wildman–Crippen LogP) is 0.310. The number of nitrogen functional groups attached to an aromatic ring is 1. The number of nitrogens with zero attached hydrogens (tertiary/aromatic N) is 1. The molecule has 1 aromatic rings. The van der Waals surface area contributed by atoms with Gasteiger partial charge in [-0.25, -0.2) is 0 Å². The van der Waals surface area contributed by atoms with Gasteiger partial charge in [0.2, 0.25) is 0 Å². The number of rotatable bonds is 3. The fourth-order valence-electron chi connectivity index (χ4n) is 0.955. The van der Waals surface area contributed by atoms with Crippen LogP contribution in [0.1, 0.15) is 11.6 Å². The van der Waals surface area contributed by atoms with Gasteiger partial charge in [0.1, 0.15) is 0 Å². The Bertz CT molecular complexity index is 252. The molecule has 0 aliphatic heterocycles. The largest absolute Gasteiger partial charge is 0.397 e. The van der Waals surface area contributed by atoms with Crippen LogP contribution in [0.2, 0.25) is 0 Å². The van der Waals surface area contributed by atoms with Crippen molar-refractivity contribution in [3.8, 4) is 0 Å². The monoisotopic (exact) mass is 167 g/mol. The van der Waals surface area contributed by atoms with Gasteiger partial charge in [0, 0.05) is 19.5 Å². The lowest BCUT2D eigenvalue weighted by atomic mass is 10.1. The molecule has 12 heavy (non-hydrogen) atoms. The molecule has 4 N–H and O–H groups in total. The lowest BCUT2D eigenvalue weighted by molar-refractivity contribution is 0.181. The Labute approximate surface area is 71.5 Å². The van der Waals surface area contributed by atoms with Crippen molar-refractivity contribution in [1.29, 1.82) is 0 Å². The molecule has 1 aromatic heterocycles. The smallest absolute Gasteiger partial charge is 0.0656 e.